The van der Waals surface area contributed by atoms with Crippen LogP contribution in [-0.2, 0) is 4.79 Å². The number of carbonyl (C=O) groups is 2. The summed E-state index contributed by atoms with van der Waals surface area (Å²) in [6.45, 7) is 4.17. The van der Waals surface area contributed by atoms with E-state index >= 15 is 0 Å². The fourth-order valence-corrected chi connectivity index (χ4v) is 3.84. The summed E-state index contributed by atoms with van der Waals surface area (Å²) in [7, 11) is 0. The maximum absolute atomic E-state index is 13.4. The molecule has 2 amide bonds. The molecular formula is C24H23F2N3O3. The monoisotopic (exact) mass is 439 g/mol. The maximum atomic E-state index is 13.4. The van der Waals surface area contributed by atoms with Crippen LogP contribution in [0.3, 0.4) is 0 Å². The van der Waals surface area contributed by atoms with E-state index in [9.17, 15) is 18.4 Å². The Balaban J connectivity index is 1.62. The van der Waals surface area contributed by atoms with Crippen LogP contribution in [0.25, 0.3) is 11.3 Å². The molecule has 0 unspecified atom stereocenters. The zero-order chi connectivity index (χ0) is 22.8. The molecule has 2 heterocycles. The van der Waals surface area contributed by atoms with Gasteiger partial charge in [-0.25, -0.2) is 8.78 Å². The van der Waals surface area contributed by atoms with Gasteiger partial charge in [0.15, 0.2) is 11.5 Å². The van der Waals surface area contributed by atoms with E-state index in [4.69, 9.17) is 4.52 Å². The van der Waals surface area contributed by atoms with E-state index in [0.29, 0.717) is 23.3 Å². The Hall–Kier alpha value is -3.55. The van der Waals surface area contributed by atoms with Crippen molar-refractivity contribution < 1.29 is 22.9 Å². The molecule has 0 radical (unpaired) electrons. The lowest BCUT2D eigenvalue weighted by molar-refractivity contribution is -0.130. The van der Waals surface area contributed by atoms with Crippen LogP contribution < -0.4 is 5.32 Å². The summed E-state index contributed by atoms with van der Waals surface area (Å²) < 4.78 is 31.8. The first-order valence-electron chi connectivity index (χ1n) is 10.4. The van der Waals surface area contributed by atoms with Gasteiger partial charge in [0, 0.05) is 18.2 Å². The predicted octanol–water partition coefficient (Wildman–Crippen LogP) is 4.35. The highest BCUT2D eigenvalue weighted by molar-refractivity contribution is 5.97. The van der Waals surface area contributed by atoms with Gasteiger partial charge in [-0.1, -0.05) is 31.1 Å². The molecule has 0 aliphatic carbocycles. The van der Waals surface area contributed by atoms with E-state index < -0.39 is 18.0 Å². The molecule has 166 valence electrons. The minimum Gasteiger partial charge on any atom is -0.355 e. The molecule has 1 aromatic heterocycles. The van der Waals surface area contributed by atoms with Crippen LogP contribution in [0.2, 0.25) is 0 Å². The Kier molecular flexibility index (Phi) is 6.03. The lowest BCUT2D eigenvalue weighted by atomic mass is 9.95. The molecule has 8 heteroatoms. The third kappa shape index (κ3) is 4.54. The Morgan fingerprint density at radius 3 is 2.38 bits per heavy atom. The van der Waals surface area contributed by atoms with Gasteiger partial charge in [0.2, 0.25) is 5.91 Å². The molecule has 1 saturated heterocycles. The van der Waals surface area contributed by atoms with E-state index in [2.05, 4.69) is 10.5 Å². The summed E-state index contributed by atoms with van der Waals surface area (Å²) in [4.78, 5) is 27.8. The van der Waals surface area contributed by atoms with Crippen LogP contribution in [0.5, 0.6) is 0 Å². The normalized spacial score (nSPS) is 18.7. The summed E-state index contributed by atoms with van der Waals surface area (Å²) in [5.41, 5.74) is 1.34. The Morgan fingerprint density at radius 1 is 1.12 bits per heavy atom. The van der Waals surface area contributed by atoms with Gasteiger partial charge in [-0.05, 0) is 54.3 Å². The Morgan fingerprint density at radius 2 is 1.75 bits per heavy atom. The molecule has 0 bridgehead atoms. The number of carbonyl (C=O) groups excluding carboxylic acids is 2. The summed E-state index contributed by atoms with van der Waals surface area (Å²) in [6.07, 6.45) is 0.483. The molecule has 32 heavy (non-hydrogen) atoms. The minimum atomic E-state index is -0.662. The smallest absolute Gasteiger partial charge is 0.276 e. The SMILES string of the molecule is CC(C)C[C@H]1C(=O)N[C@@H](c2ccc(F)cc2)CN1C(=O)c1cc(-c2ccc(F)cc2)on1. The highest BCUT2D eigenvalue weighted by Crippen LogP contribution is 2.27. The lowest BCUT2D eigenvalue weighted by Gasteiger charge is -2.40. The van der Waals surface area contributed by atoms with Gasteiger partial charge >= 0.3 is 0 Å². The second-order valence-electron chi connectivity index (χ2n) is 8.30. The summed E-state index contributed by atoms with van der Waals surface area (Å²) in [6, 6.07) is 11.8. The summed E-state index contributed by atoms with van der Waals surface area (Å²) in [5.74, 6) is -0.963. The number of piperazine rings is 1. The van der Waals surface area contributed by atoms with Crippen molar-refractivity contribution in [3.05, 3.63) is 77.5 Å². The molecule has 4 rings (SSSR count). The average Bonchev–Trinajstić information content (AvgIpc) is 3.25. The molecule has 3 aromatic rings. The van der Waals surface area contributed by atoms with Gasteiger partial charge in [-0.3, -0.25) is 9.59 Å². The minimum absolute atomic E-state index is 0.0608. The van der Waals surface area contributed by atoms with Crippen molar-refractivity contribution in [2.45, 2.75) is 32.4 Å². The van der Waals surface area contributed by atoms with Gasteiger partial charge < -0.3 is 14.7 Å². The van der Waals surface area contributed by atoms with E-state index in [1.165, 1.54) is 47.4 Å². The molecule has 1 fully saturated rings. The van der Waals surface area contributed by atoms with E-state index in [1.807, 2.05) is 13.8 Å². The van der Waals surface area contributed by atoms with Crippen LogP contribution >= 0.6 is 0 Å². The number of hydrogen-bond acceptors (Lipinski definition) is 4. The fourth-order valence-electron chi connectivity index (χ4n) is 3.84. The van der Waals surface area contributed by atoms with Crippen molar-refractivity contribution in [1.82, 2.24) is 15.4 Å². The van der Waals surface area contributed by atoms with Gasteiger partial charge in [-0.2, -0.15) is 0 Å². The average molecular weight is 439 g/mol. The van der Waals surface area contributed by atoms with E-state index in [-0.39, 0.29) is 35.7 Å². The van der Waals surface area contributed by atoms with Crippen LogP contribution in [-0.4, -0.2) is 34.5 Å². The molecule has 0 saturated carbocycles. The van der Waals surface area contributed by atoms with Crippen molar-refractivity contribution in [1.29, 1.82) is 0 Å². The number of nitrogens with zero attached hydrogens (tertiary/aromatic N) is 2. The first-order valence-corrected chi connectivity index (χ1v) is 10.4. The van der Waals surface area contributed by atoms with Crippen LogP contribution in [0.4, 0.5) is 8.78 Å². The Bertz CT molecular complexity index is 1110. The summed E-state index contributed by atoms with van der Waals surface area (Å²) >= 11 is 0. The summed E-state index contributed by atoms with van der Waals surface area (Å²) in [5, 5.41) is 6.84. The second kappa shape index (κ2) is 8.90. The quantitative estimate of drug-likeness (QED) is 0.642. The van der Waals surface area contributed by atoms with Crippen molar-refractivity contribution in [3.8, 4) is 11.3 Å². The van der Waals surface area contributed by atoms with Gasteiger partial charge in [0.25, 0.3) is 5.91 Å². The number of hydrogen-bond donors (Lipinski definition) is 1. The molecule has 0 spiro atoms. The molecule has 1 N–H and O–H groups in total. The largest absolute Gasteiger partial charge is 0.355 e. The molecule has 6 nitrogen and oxygen atoms in total. The Labute approximate surface area is 184 Å². The first-order chi connectivity index (χ1) is 15.3. The zero-order valence-electron chi connectivity index (χ0n) is 17.7. The molecular weight excluding hydrogens is 416 g/mol. The van der Waals surface area contributed by atoms with Gasteiger partial charge in [0.05, 0.1) is 6.04 Å². The molecule has 2 atom stereocenters. The predicted molar refractivity (Wildman–Crippen MR) is 113 cm³/mol. The third-order valence-corrected chi connectivity index (χ3v) is 5.46. The molecule has 1 aliphatic heterocycles. The van der Waals surface area contributed by atoms with Gasteiger partial charge in [-0.15, -0.1) is 0 Å². The van der Waals surface area contributed by atoms with Crippen LogP contribution in [0, 0.1) is 17.6 Å². The maximum Gasteiger partial charge on any atom is 0.276 e. The van der Waals surface area contributed by atoms with Crippen molar-refractivity contribution >= 4 is 11.8 Å². The van der Waals surface area contributed by atoms with Gasteiger partial charge in [0.1, 0.15) is 17.7 Å². The fraction of sp³-hybridized carbons (Fsp3) is 0.292. The second-order valence-corrected chi connectivity index (χ2v) is 8.30. The van der Waals surface area contributed by atoms with Crippen LogP contribution in [0.15, 0.2) is 59.1 Å². The highest BCUT2D eigenvalue weighted by atomic mass is 19.1. The number of halogens is 2. The molecule has 2 aromatic carbocycles. The topological polar surface area (TPSA) is 75.4 Å². The number of rotatable bonds is 5. The van der Waals surface area contributed by atoms with E-state index in [1.54, 1.807) is 12.1 Å². The zero-order valence-corrected chi connectivity index (χ0v) is 17.7. The van der Waals surface area contributed by atoms with Crippen molar-refractivity contribution in [2.24, 2.45) is 5.92 Å². The van der Waals surface area contributed by atoms with Crippen molar-refractivity contribution in [3.63, 3.8) is 0 Å². The first kappa shape index (κ1) is 21.7. The highest BCUT2D eigenvalue weighted by Gasteiger charge is 2.39. The lowest BCUT2D eigenvalue weighted by Crippen LogP contribution is -2.58. The molecule has 1 aliphatic rings. The standard InChI is InChI=1S/C24H23F2N3O3/c1-14(2)11-21-23(30)27-20(15-3-7-17(25)8-4-15)13-29(21)24(31)19-12-22(32-28-19)16-5-9-18(26)10-6-16/h3-10,12,14,20-21H,11,13H2,1-2H3,(H,27,30)/t20-,21+/m1/s1. The number of nitrogens with one attached hydrogen (secondary N) is 1. The number of benzene rings is 2. The van der Waals surface area contributed by atoms with Crippen LogP contribution in [0.1, 0.15) is 42.4 Å². The number of amides is 2. The van der Waals surface area contributed by atoms with E-state index in [0.717, 1.165) is 0 Å². The third-order valence-electron chi connectivity index (χ3n) is 5.46. The number of aromatic nitrogens is 1. The van der Waals surface area contributed by atoms with Crippen molar-refractivity contribution in [2.75, 3.05) is 6.54 Å².